The molecule has 7 heteroatoms. The Hall–Kier alpha value is -3.87. The fourth-order valence-electron chi connectivity index (χ4n) is 4.14. The second kappa shape index (κ2) is 10.2. The second-order valence-corrected chi connectivity index (χ2v) is 9.75. The molecule has 0 saturated carbocycles. The van der Waals surface area contributed by atoms with Crippen molar-refractivity contribution in [2.24, 2.45) is 0 Å². The number of anilines is 1. The molecule has 1 saturated heterocycles. The first-order valence-electron chi connectivity index (χ1n) is 11.9. The van der Waals surface area contributed by atoms with Crippen molar-refractivity contribution in [3.63, 3.8) is 0 Å². The molecule has 7 nitrogen and oxygen atoms in total. The normalized spacial score (nSPS) is 13.5. The maximum absolute atomic E-state index is 13.2. The summed E-state index contributed by atoms with van der Waals surface area (Å²) in [6.07, 6.45) is 1.44. The number of carbonyl (C=O) groups excluding carboxylic acids is 3. The van der Waals surface area contributed by atoms with Crippen LogP contribution in [0.25, 0.3) is 10.8 Å². The van der Waals surface area contributed by atoms with Crippen molar-refractivity contribution >= 4 is 34.4 Å². The minimum absolute atomic E-state index is 0.0223. The number of amides is 3. The van der Waals surface area contributed by atoms with E-state index >= 15 is 0 Å². The molecule has 3 amide bonds. The van der Waals surface area contributed by atoms with Gasteiger partial charge in [-0.1, -0.05) is 36.4 Å². The Morgan fingerprint density at radius 2 is 1.60 bits per heavy atom. The minimum atomic E-state index is -0.666. The number of benzene rings is 3. The van der Waals surface area contributed by atoms with Gasteiger partial charge in [0.15, 0.2) is 0 Å². The van der Waals surface area contributed by atoms with Gasteiger partial charge >= 0.3 is 6.09 Å². The van der Waals surface area contributed by atoms with Crippen molar-refractivity contribution in [3.05, 3.63) is 77.4 Å². The zero-order valence-corrected chi connectivity index (χ0v) is 20.4. The molecule has 0 radical (unpaired) electrons. The van der Waals surface area contributed by atoms with Crippen LogP contribution >= 0.6 is 0 Å². The molecule has 1 aliphatic rings. The summed E-state index contributed by atoms with van der Waals surface area (Å²) in [5.74, 6) is -0.313. The fraction of sp³-hybridized carbons (Fsp3) is 0.321. The van der Waals surface area contributed by atoms with Crippen molar-refractivity contribution in [3.8, 4) is 0 Å². The summed E-state index contributed by atoms with van der Waals surface area (Å²) < 4.78 is 5.38. The Labute approximate surface area is 205 Å². The topological polar surface area (TPSA) is 87.7 Å². The first-order valence-corrected chi connectivity index (χ1v) is 11.9. The van der Waals surface area contributed by atoms with Crippen LogP contribution in [0.2, 0.25) is 0 Å². The lowest BCUT2D eigenvalue weighted by Crippen LogP contribution is -2.29. The van der Waals surface area contributed by atoms with Gasteiger partial charge < -0.3 is 15.0 Å². The molecule has 2 N–H and O–H groups in total. The lowest BCUT2D eigenvalue weighted by molar-refractivity contribution is 0.0635. The van der Waals surface area contributed by atoms with E-state index < -0.39 is 11.7 Å². The highest BCUT2D eigenvalue weighted by Crippen LogP contribution is 2.25. The minimum Gasteiger partial charge on any atom is -0.444 e. The third kappa shape index (κ3) is 6.18. The van der Waals surface area contributed by atoms with Crippen molar-refractivity contribution in [1.29, 1.82) is 0 Å². The molecule has 3 aromatic rings. The van der Waals surface area contributed by atoms with Gasteiger partial charge in [0.05, 0.1) is 11.3 Å². The van der Waals surface area contributed by atoms with Gasteiger partial charge in [-0.25, -0.2) is 4.79 Å². The van der Waals surface area contributed by atoms with Crippen LogP contribution in [0.4, 0.5) is 10.5 Å². The summed E-state index contributed by atoms with van der Waals surface area (Å²) in [5.41, 5.74) is 1.48. The number of carbonyl (C=O) groups is 3. The molecule has 0 bridgehead atoms. The van der Waals surface area contributed by atoms with E-state index in [0.29, 0.717) is 16.8 Å². The zero-order chi connectivity index (χ0) is 25.0. The summed E-state index contributed by atoms with van der Waals surface area (Å²) in [5, 5.41) is 7.42. The molecular formula is C28H31N3O4. The first kappa shape index (κ1) is 24.3. The number of hydrogen-bond donors (Lipinski definition) is 2. The van der Waals surface area contributed by atoms with Gasteiger partial charge in [0.1, 0.15) is 5.60 Å². The summed E-state index contributed by atoms with van der Waals surface area (Å²) >= 11 is 0. The van der Waals surface area contributed by atoms with Gasteiger partial charge in [0.2, 0.25) is 0 Å². The summed E-state index contributed by atoms with van der Waals surface area (Å²) in [6, 6.07) is 18.5. The molecular weight excluding hydrogens is 442 g/mol. The largest absolute Gasteiger partial charge is 0.444 e. The number of hydrogen-bond acceptors (Lipinski definition) is 4. The lowest BCUT2D eigenvalue weighted by atomic mass is 10.0. The SMILES string of the molecule is CC(C)(C)OC(=O)Nc1cc2ccccc2cc1C(=O)NCc1cccc(C(=O)N2CCCC2)c1. The van der Waals surface area contributed by atoms with E-state index in [1.165, 1.54) is 0 Å². The van der Waals surface area contributed by atoms with Crippen LogP contribution in [-0.2, 0) is 11.3 Å². The molecule has 0 aliphatic carbocycles. The van der Waals surface area contributed by atoms with Gasteiger partial charge in [-0.05, 0) is 74.2 Å². The van der Waals surface area contributed by atoms with Gasteiger partial charge in [-0.15, -0.1) is 0 Å². The van der Waals surface area contributed by atoms with E-state index in [0.717, 1.165) is 42.3 Å². The van der Waals surface area contributed by atoms with E-state index in [-0.39, 0.29) is 18.4 Å². The molecule has 0 atom stereocenters. The van der Waals surface area contributed by atoms with Crippen LogP contribution in [0.15, 0.2) is 60.7 Å². The van der Waals surface area contributed by atoms with Crippen molar-refractivity contribution in [2.75, 3.05) is 18.4 Å². The number of nitrogens with one attached hydrogen (secondary N) is 2. The summed E-state index contributed by atoms with van der Waals surface area (Å²) in [7, 11) is 0. The van der Waals surface area contributed by atoms with Crippen LogP contribution < -0.4 is 10.6 Å². The van der Waals surface area contributed by atoms with Crippen LogP contribution in [0.1, 0.15) is 59.9 Å². The Morgan fingerprint density at radius 1 is 0.914 bits per heavy atom. The average molecular weight is 474 g/mol. The molecule has 0 unspecified atom stereocenters. The highest BCUT2D eigenvalue weighted by molar-refractivity contribution is 6.07. The molecule has 35 heavy (non-hydrogen) atoms. The van der Waals surface area contributed by atoms with Crippen LogP contribution in [0.5, 0.6) is 0 Å². The van der Waals surface area contributed by atoms with Gasteiger partial charge in [0.25, 0.3) is 11.8 Å². The molecule has 0 spiro atoms. The van der Waals surface area contributed by atoms with Gasteiger partial charge in [0, 0.05) is 25.2 Å². The molecule has 0 aromatic heterocycles. The highest BCUT2D eigenvalue weighted by atomic mass is 16.6. The standard InChI is InChI=1S/C28H31N3O4/c1-28(2,3)35-27(34)30-24-17-21-11-5-4-10-20(21)16-23(24)25(32)29-18-19-9-8-12-22(15-19)26(33)31-13-6-7-14-31/h4-5,8-12,15-17H,6-7,13-14,18H2,1-3H3,(H,29,32)(H,30,34). The Bertz CT molecular complexity index is 1260. The zero-order valence-electron chi connectivity index (χ0n) is 20.4. The van der Waals surface area contributed by atoms with Gasteiger partial charge in [-0.3, -0.25) is 14.9 Å². The van der Waals surface area contributed by atoms with E-state index in [9.17, 15) is 14.4 Å². The maximum atomic E-state index is 13.2. The predicted molar refractivity (Wildman–Crippen MR) is 137 cm³/mol. The Kier molecular flexibility index (Phi) is 7.05. The number of likely N-dealkylation sites (tertiary alicyclic amines) is 1. The lowest BCUT2D eigenvalue weighted by Gasteiger charge is -2.20. The molecule has 1 aliphatic heterocycles. The maximum Gasteiger partial charge on any atom is 0.412 e. The van der Waals surface area contributed by atoms with Gasteiger partial charge in [-0.2, -0.15) is 0 Å². The second-order valence-electron chi connectivity index (χ2n) is 9.75. The molecule has 4 rings (SSSR count). The van der Waals surface area contributed by atoms with Crippen molar-refractivity contribution in [2.45, 2.75) is 45.8 Å². The van der Waals surface area contributed by atoms with E-state index in [1.807, 2.05) is 47.4 Å². The molecule has 1 fully saturated rings. The number of rotatable bonds is 5. The molecule has 3 aromatic carbocycles. The average Bonchev–Trinajstić information content (AvgIpc) is 3.35. The van der Waals surface area contributed by atoms with Crippen LogP contribution in [0.3, 0.4) is 0 Å². The summed E-state index contributed by atoms with van der Waals surface area (Å²) in [4.78, 5) is 40.2. The Balaban J connectivity index is 1.52. The Morgan fingerprint density at radius 3 is 2.29 bits per heavy atom. The third-order valence-electron chi connectivity index (χ3n) is 5.79. The quantitative estimate of drug-likeness (QED) is 0.523. The smallest absolute Gasteiger partial charge is 0.412 e. The first-order chi connectivity index (χ1) is 16.7. The molecule has 1 heterocycles. The third-order valence-corrected chi connectivity index (χ3v) is 5.79. The van der Waals surface area contributed by atoms with E-state index in [1.54, 1.807) is 39.0 Å². The van der Waals surface area contributed by atoms with Crippen molar-refractivity contribution in [1.82, 2.24) is 10.2 Å². The fourth-order valence-corrected chi connectivity index (χ4v) is 4.14. The number of ether oxygens (including phenoxy) is 1. The number of fused-ring (bicyclic) bond motifs is 1. The highest BCUT2D eigenvalue weighted by Gasteiger charge is 2.21. The van der Waals surface area contributed by atoms with Crippen LogP contribution in [0, 0.1) is 0 Å². The predicted octanol–water partition coefficient (Wildman–Crippen LogP) is 5.35. The van der Waals surface area contributed by atoms with Crippen LogP contribution in [-0.4, -0.2) is 41.5 Å². The summed E-state index contributed by atoms with van der Waals surface area (Å²) in [6.45, 7) is 7.17. The van der Waals surface area contributed by atoms with E-state index in [4.69, 9.17) is 4.74 Å². The monoisotopic (exact) mass is 473 g/mol. The molecule has 182 valence electrons. The van der Waals surface area contributed by atoms with E-state index in [2.05, 4.69) is 10.6 Å². The number of nitrogens with zero attached hydrogens (tertiary/aromatic N) is 1. The van der Waals surface area contributed by atoms with Crippen molar-refractivity contribution < 1.29 is 19.1 Å².